The Balaban J connectivity index is 1.30. The number of carbonyl (C=O) groups is 2. The highest BCUT2D eigenvalue weighted by Crippen LogP contribution is 2.36. The van der Waals surface area contributed by atoms with Crippen LogP contribution in [0.15, 0.2) is 53.2 Å². The van der Waals surface area contributed by atoms with Crippen molar-refractivity contribution in [3.8, 4) is 11.5 Å². The Kier molecular flexibility index (Phi) is 5.53. The van der Waals surface area contributed by atoms with Crippen LogP contribution in [-0.2, 0) is 4.79 Å². The molecule has 10 heteroatoms. The second-order valence-corrected chi connectivity index (χ2v) is 8.73. The highest BCUT2D eigenvalue weighted by molar-refractivity contribution is 7.21. The largest absolute Gasteiger partial charge is 0.456 e. The average Bonchev–Trinajstić information content (AvgIpc) is 3.39. The molecule has 2 amide bonds. The van der Waals surface area contributed by atoms with Crippen molar-refractivity contribution >= 4 is 39.3 Å². The van der Waals surface area contributed by atoms with Gasteiger partial charge >= 0.3 is 0 Å². The molecule has 0 radical (unpaired) electrons. The first kappa shape index (κ1) is 21.1. The number of thiophene rings is 1. The van der Waals surface area contributed by atoms with Crippen LogP contribution in [0.1, 0.15) is 33.5 Å². The molecule has 3 aromatic heterocycles. The maximum Gasteiger partial charge on any atom is 0.264 e. The Morgan fingerprint density at radius 3 is 2.67 bits per heavy atom. The van der Waals surface area contributed by atoms with E-state index in [0.29, 0.717) is 33.2 Å². The summed E-state index contributed by atoms with van der Waals surface area (Å²) in [6.07, 6.45) is 1.29. The number of aliphatic hydroxyl groups is 1. The van der Waals surface area contributed by atoms with Gasteiger partial charge in [-0.2, -0.15) is 0 Å². The van der Waals surface area contributed by atoms with Gasteiger partial charge in [0.2, 0.25) is 5.88 Å². The average molecular weight is 465 g/mol. The van der Waals surface area contributed by atoms with E-state index in [4.69, 9.17) is 9.26 Å². The van der Waals surface area contributed by atoms with Crippen molar-refractivity contribution in [2.75, 3.05) is 18.4 Å². The van der Waals surface area contributed by atoms with E-state index in [1.165, 1.54) is 11.3 Å². The molecule has 0 spiro atoms. The molecule has 1 saturated heterocycles. The number of aromatic nitrogens is 2. The normalized spacial score (nSPS) is 14.1. The topological polar surface area (TPSA) is 118 Å². The van der Waals surface area contributed by atoms with E-state index >= 15 is 0 Å². The summed E-state index contributed by atoms with van der Waals surface area (Å²) in [5, 5.41) is 16.5. The Morgan fingerprint density at radius 1 is 1.21 bits per heavy atom. The van der Waals surface area contributed by atoms with Crippen molar-refractivity contribution in [2.24, 2.45) is 0 Å². The number of nitrogens with one attached hydrogen (secondary N) is 1. The highest BCUT2D eigenvalue weighted by atomic mass is 32.1. The molecule has 5 rings (SSSR count). The van der Waals surface area contributed by atoms with Crippen LogP contribution in [0.3, 0.4) is 0 Å². The first-order chi connectivity index (χ1) is 16.0. The molecule has 2 N–H and O–H groups in total. The van der Waals surface area contributed by atoms with Crippen molar-refractivity contribution in [1.29, 1.82) is 0 Å². The number of pyridine rings is 1. The van der Waals surface area contributed by atoms with E-state index in [9.17, 15) is 14.7 Å². The number of aliphatic hydroxyl groups excluding tert-OH is 1. The minimum atomic E-state index is -1.38. The molecule has 9 nitrogen and oxygen atoms in total. The molecule has 1 aliphatic heterocycles. The predicted molar refractivity (Wildman–Crippen MR) is 121 cm³/mol. The zero-order valence-electron chi connectivity index (χ0n) is 17.6. The third-order valence-electron chi connectivity index (χ3n) is 5.28. The number of fused-ring (bicyclic) bond motifs is 1. The molecule has 1 aromatic carbocycles. The van der Waals surface area contributed by atoms with Crippen LogP contribution in [0.5, 0.6) is 11.5 Å². The second kappa shape index (κ2) is 8.64. The summed E-state index contributed by atoms with van der Waals surface area (Å²) in [4.78, 5) is 31.6. The Morgan fingerprint density at radius 2 is 2.00 bits per heavy atom. The molecule has 1 unspecified atom stereocenters. The van der Waals surface area contributed by atoms with Gasteiger partial charge in [0, 0.05) is 31.4 Å². The van der Waals surface area contributed by atoms with Crippen LogP contribution in [0.25, 0.3) is 10.2 Å². The van der Waals surface area contributed by atoms with Gasteiger partial charge in [0.1, 0.15) is 11.5 Å². The summed E-state index contributed by atoms with van der Waals surface area (Å²) in [6, 6.07) is 11.6. The standard InChI is InChI=1S/C23H20N4O5S/c1-13-11-19(32-26-13)25-22(29)20(28)14-3-5-15(6-4-14)31-17-7-8-24-16-12-18(33-21(16)17)23(30)27-9-2-10-27/h3-8,11-12,20,28H,2,9-10H2,1H3,(H,25,29). The molecule has 0 aliphatic carbocycles. The summed E-state index contributed by atoms with van der Waals surface area (Å²) < 4.78 is 11.7. The minimum Gasteiger partial charge on any atom is -0.456 e. The molecule has 33 heavy (non-hydrogen) atoms. The van der Waals surface area contributed by atoms with Crippen LogP contribution in [0, 0.1) is 6.92 Å². The molecule has 1 atom stereocenters. The number of rotatable bonds is 6. The minimum absolute atomic E-state index is 0.0207. The number of hydrogen-bond donors (Lipinski definition) is 2. The summed E-state index contributed by atoms with van der Waals surface area (Å²) >= 11 is 1.36. The van der Waals surface area contributed by atoms with Crippen molar-refractivity contribution in [3.05, 3.63) is 64.8 Å². The van der Waals surface area contributed by atoms with Crippen LogP contribution in [0.4, 0.5) is 5.88 Å². The maximum absolute atomic E-state index is 12.5. The second-order valence-electron chi connectivity index (χ2n) is 7.68. The Labute approximate surface area is 192 Å². The number of hydrogen-bond acceptors (Lipinski definition) is 8. The molecular weight excluding hydrogens is 444 g/mol. The van der Waals surface area contributed by atoms with Crippen molar-refractivity contribution < 1.29 is 24.0 Å². The molecular formula is C23H20N4O5S. The fourth-order valence-corrected chi connectivity index (χ4v) is 4.42. The van der Waals surface area contributed by atoms with Gasteiger partial charge in [-0.3, -0.25) is 19.9 Å². The van der Waals surface area contributed by atoms with Gasteiger partial charge in [-0.15, -0.1) is 11.3 Å². The molecule has 168 valence electrons. The summed E-state index contributed by atoms with van der Waals surface area (Å²) in [5.74, 6) is 0.662. The zero-order chi connectivity index (χ0) is 22.9. The third-order valence-corrected chi connectivity index (χ3v) is 6.40. The van der Waals surface area contributed by atoms with E-state index < -0.39 is 12.0 Å². The van der Waals surface area contributed by atoms with E-state index in [2.05, 4.69) is 15.5 Å². The summed E-state index contributed by atoms with van der Waals surface area (Å²) in [6.45, 7) is 3.31. The van der Waals surface area contributed by atoms with Crippen molar-refractivity contribution in [2.45, 2.75) is 19.4 Å². The number of amides is 2. The number of aryl methyl sites for hydroxylation is 1. The van der Waals surface area contributed by atoms with Crippen molar-refractivity contribution in [3.63, 3.8) is 0 Å². The van der Waals surface area contributed by atoms with Gasteiger partial charge in [0.05, 0.1) is 20.8 Å². The van der Waals surface area contributed by atoms with Gasteiger partial charge in [0.25, 0.3) is 11.8 Å². The Hall–Kier alpha value is -3.76. The molecule has 0 bridgehead atoms. The van der Waals surface area contributed by atoms with E-state index in [-0.39, 0.29) is 11.8 Å². The van der Waals surface area contributed by atoms with Gasteiger partial charge in [0.15, 0.2) is 6.10 Å². The lowest BCUT2D eigenvalue weighted by atomic mass is 10.1. The number of carbonyl (C=O) groups excluding carboxylic acids is 2. The van der Waals surface area contributed by atoms with Crippen molar-refractivity contribution in [1.82, 2.24) is 15.0 Å². The van der Waals surface area contributed by atoms with Gasteiger partial charge in [-0.25, -0.2) is 0 Å². The number of anilines is 1. The Bertz CT molecular complexity index is 1330. The van der Waals surface area contributed by atoms with Crippen LogP contribution in [-0.4, -0.2) is 45.1 Å². The first-order valence-electron chi connectivity index (χ1n) is 10.4. The smallest absolute Gasteiger partial charge is 0.264 e. The quantitative estimate of drug-likeness (QED) is 0.444. The lowest BCUT2D eigenvalue weighted by Gasteiger charge is -2.30. The molecule has 4 heterocycles. The predicted octanol–water partition coefficient (Wildman–Crippen LogP) is 3.90. The highest BCUT2D eigenvalue weighted by Gasteiger charge is 2.24. The summed E-state index contributed by atoms with van der Waals surface area (Å²) in [5.41, 5.74) is 1.72. The maximum atomic E-state index is 12.5. The van der Waals surface area contributed by atoms with Gasteiger partial charge < -0.3 is 19.3 Å². The third kappa shape index (κ3) is 4.30. The molecule has 1 aliphatic rings. The number of likely N-dealkylation sites (tertiary alicyclic amines) is 1. The van der Waals surface area contributed by atoms with Crippen LogP contribution >= 0.6 is 11.3 Å². The zero-order valence-corrected chi connectivity index (χ0v) is 18.5. The number of ether oxygens (including phenoxy) is 1. The molecule has 0 saturated carbocycles. The van der Waals surface area contributed by atoms with E-state index in [1.54, 1.807) is 55.6 Å². The lowest BCUT2D eigenvalue weighted by Crippen LogP contribution is -2.41. The molecule has 1 fully saturated rings. The van der Waals surface area contributed by atoms with Gasteiger partial charge in [-0.1, -0.05) is 17.3 Å². The summed E-state index contributed by atoms with van der Waals surface area (Å²) in [7, 11) is 0. The first-order valence-corrected chi connectivity index (χ1v) is 11.2. The van der Waals surface area contributed by atoms with Crippen LogP contribution < -0.4 is 10.1 Å². The fraction of sp³-hybridized carbons (Fsp3) is 0.217. The number of nitrogens with zero attached hydrogens (tertiary/aromatic N) is 3. The van der Waals surface area contributed by atoms with Crippen LogP contribution in [0.2, 0.25) is 0 Å². The lowest BCUT2D eigenvalue weighted by molar-refractivity contribution is -0.124. The van der Waals surface area contributed by atoms with E-state index in [0.717, 1.165) is 24.2 Å². The van der Waals surface area contributed by atoms with Gasteiger partial charge in [-0.05, 0) is 37.1 Å². The molecule has 4 aromatic rings. The van der Waals surface area contributed by atoms with E-state index in [1.807, 2.05) is 4.90 Å². The number of benzene rings is 1. The SMILES string of the molecule is Cc1cc(NC(=O)C(O)c2ccc(Oc3ccnc4cc(C(=O)N5CCC5)sc34)cc2)on1. The fourth-order valence-electron chi connectivity index (χ4n) is 3.38. The monoisotopic (exact) mass is 464 g/mol.